The number of halogens is 3. The third-order valence-corrected chi connectivity index (χ3v) is 6.38. The van der Waals surface area contributed by atoms with Crippen molar-refractivity contribution in [2.45, 2.75) is 24.7 Å². The second kappa shape index (κ2) is 13.1. The summed E-state index contributed by atoms with van der Waals surface area (Å²) in [5.74, 6) is -1.44. The molecule has 10 heteroatoms. The van der Waals surface area contributed by atoms with Crippen molar-refractivity contribution in [3.63, 3.8) is 0 Å². The van der Waals surface area contributed by atoms with Gasteiger partial charge in [-0.1, -0.05) is 60.7 Å². The van der Waals surface area contributed by atoms with Crippen LogP contribution in [0.15, 0.2) is 84.9 Å². The molecule has 0 spiro atoms. The van der Waals surface area contributed by atoms with E-state index in [4.69, 9.17) is 4.74 Å². The Morgan fingerprint density at radius 3 is 2.05 bits per heavy atom. The number of hydrogen-bond donors (Lipinski definition) is 2. The quantitative estimate of drug-likeness (QED) is 0.382. The van der Waals surface area contributed by atoms with Crippen LogP contribution in [0.4, 0.5) is 18.9 Å². The van der Waals surface area contributed by atoms with Crippen molar-refractivity contribution in [2.75, 3.05) is 38.2 Å². The summed E-state index contributed by atoms with van der Waals surface area (Å²) in [4.78, 5) is 28.5. The minimum Gasteiger partial charge on any atom is -0.406 e. The Bertz CT molecular complexity index is 1200. The maximum atomic E-state index is 13.7. The van der Waals surface area contributed by atoms with Crippen LogP contribution < -0.4 is 15.4 Å². The lowest BCUT2D eigenvalue weighted by atomic mass is 9.93. The van der Waals surface area contributed by atoms with Gasteiger partial charge in [0.2, 0.25) is 11.8 Å². The maximum absolute atomic E-state index is 13.7. The lowest BCUT2D eigenvalue weighted by Gasteiger charge is -2.29. The van der Waals surface area contributed by atoms with Gasteiger partial charge in [-0.3, -0.25) is 9.59 Å². The molecule has 3 aromatic rings. The SMILES string of the molecule is O=C(N[C@H](CNc1ccc(OC(F)(F)F)cc1)c1ccccc1)[C@H](CC(=O)N1CCOCC1)c1ccccc1. The Labute approximate surface area is 224 Å². The summed E-state index contributed by atoms with van der Waals surface area (Å²) in [6.45, 7) is 2.18. The maximum Gasteiger partial charge on any atom is 0.573 e. The van der Waals surface area contributed by atoms with Crippen LogP contribution in [0.5, 0.6) is 5.75 Å². The molecule has 39 heavy (non-hydrogen) atoms. The smallest absolute Gasteiger partial charge is 0.406 e. The lowest BCUT2D eigenvalue weighted by molar-refractivity contribution is -0.274. The molecule has 4 rings (SSSR count). The fraction of sp³-hybridized carbons (Fsp3) is 0.310. The molecule has 0 aromatic heterocycles. The predicted octanol–water partition coefficient (Wildman–Crippen LogP) is 4.89. The van der Waals surface area contributed by atoms with Crippen LogP contribution in [0, 0.1) is 0 Å². The fourth-order valence-electron chi connectivity index (χ4n) is 4.37. The highest BCUT2D eigenvalue weighted by Gasteiger charge is 2.31. The molecule has 2 amide bonds. The zero-order valence-corrected chi connectivity index (χ0v) is 21.2. The number of carbonyl (C=O) groups excluding carboxylic acids is 2. The van der Waals surface area contributed by atoms with E-state index < -0.39 is 18.3 Å². The lowest BCUT2D eigenvalue weighted by Crippen LogP contribution is -2.43. The minimum absolute atomic E-state index is 0.0193. The number of hydrogen-bond acceptors (Lipinski definition) is 5. The summed E-state index contributed by atoms with van der Waals surface area (Å²) in [5, 5.41) is 6.25. The summed E-state index contributed by atoms with van der Waals surface area (Å²) in [6.07, 6.45) is -4.75. The van der Waals surface area contributed by atoms with Crippen LogP contribution in [0.25, 0.3) is 0 Å². The topological polar surface area (TPSA) is 79.9 Å². The molecule has 0 bridgehead atoms. The van der Waals surface area contributed by atoms with Gasteiger partial charge >= 0.3 is 6.36 Å². The van der Waals surface area contributed by atoms with Crippen LogP contribution in [-0.2, 0) is 14.3 Å². The van der Waals surface area contributed by atoms with Crippen molar-refractivity contribution in [2.24, 2.45) is 0 Å². The third-order valence-electron chi connectivity index (χ3n) is 6.38. The van der Waals surface area contributed by atoms with E-state index >= 15 is 0 Å². The first-order chi connectivity index (χ1) is 18.8. The largest absolute Gasteiger partial charge is 0.573 e. The molecule has 2 atom stereocenters. The van der Waals surface area contributed by atoms with Gasteiger partial charge in [0.1, 0.15) is 5.75 Å². The zero-order chi connectivity index (χ0) is 27.7. The van der Waals surface area contributed by atoms with Gasteiger partial charge in [0.25, 0.3) is 0 Å². The highest BCUT2D eigenvalue weighted by atomic mass is 19.4. The Balaban J connectivity index is 1.49. The Morgan fingerprint density at radius 1 is 0.872 bits per heavy atom. The molecule has 0 radical (unpaired) electrons. The average molecular weight is 542 g/mol. The van der Waals surface area contributed by atoms with E-state index in [0.29, 0.717) is 32.0 Å². The summed E-state index contributed by atoms with van der Waals surface area (Å²) in [6, 6.07) is 23.4. The number of amides is 2. The monoisotopic (exact) mass is 541 g/mol. The van der Waals surface area contributed by atoms with Gasteiger partial charge in [-0.2, -0.15) is 0 Å². The normalized spacial score (nSPS) is 15.2. The average Bonchev–Trinajstić information content (AvgIpc) is 2.95. The van der Waals surface area contributed by atoms with Gasteiger partial charge < -0.3 is 25.0 Å². The molecule has 1 heterocycles. The number of ether oxygens (including phenoxy) is 2. The van der Waals surface area contributed by atoms with E-state index in [0.717, 1.165) is 11.1 Å². The third kappa shape index (κ3) is 8.47. The molecular formula is C29H30F3N3O4. The Morgan fingerprint density at radius 2 is 1.46 bits per heavy atom. The van der Waals surface area contributed by atoms with E-state index in [1.165, 1.54) is 24.3 Å². The molecule has 7 nitrogen and oxygen atoms in total. The van der Waals surface area contributed by atoms with Gasteiger partial charge in [-0.25, -0.2) is 0 Å². The number of morpholine rings is 1. The van der Waals surface area contributed by atoms with E-state index in [9.17, 15) is 22.8 Å². The number of carbonyl (C=O) groups is 2. The van der Waals surface area contributed by atoms with Crippen molar-refractivity contribution in [3.8, 4) is 5.75 Å². The number of nitrogens with one attached hydrogen (secondary N) is 2. The number of rotatable bonds is 10. The Kier molecular flexibility index (Phi) is 9.43. The molecule has 1 saturated heterocycles. The molecule has 0 unspecified atom stereocenters. The van der Waals surface area contributed by atoms with E-state index in [-0.39, 0.29) is 30.5 Å². The molecule has 2 N–H and O–H groups in total. The van der Waals surface area contributed by atoms with E-state index in [2.05, 4.69) is 15.4 Å². The number of anilines is 1. The van der Waals surface area contributed by atoms with Gasteiger partial charge in [-0.15, -0.1) is 13.2 Å². The van der Waals surface area contributed by atoms with Crippen molar-refractivity contribution >= 4 is 17.5 Å². The standard InChI is InChI=1S/C29H30F3N3O4/c30-29(31,32)39-24-13-11-23(12-14-24)33-20-26(22-9-5-2-6-10-22)34-28(37)25(21-7-3-1-4-8-21)19-27(36)35-15-17-38-18-16-35/h1-14,25-26,33H,15-20H2,(H,34,37)/t25-,26-/m1/s1. The van der Waals surface area contributed by atoms with Crippen LogP contribution in [-0.4, -0.2) is 55.9 Å². The molecule has 0 saturated carbocycles. The van der Waals surface area contributed by atoms with Gasteiger partial charge in [0.05, 0.1) is 25.2 Å². The van der Waals surface area contributed by atoms with Gasteiger partial charge in [0.15, 0.2) is 0 Å². The van der Waals surface area contributed by atoms with E-state index in [1.54, 1.807) is 4.90 Å². The number of benzene rings is 3. The van der Waals surface area contributed by atoms with Crippen molar-refractivity contribution in [1.82, 2.24) is 10.2 Å². The van der Waals surface area contributed by atoms with Gasteiger partial charge in [0, 0.05) is 31.7 Å². The molecule has 0 aliphatic carbocycles. The molecule has 206 valence electrons. The van der Waals surface area contributed by atoms with Gasteiger partial charge in [-0.05, 0) is 35.4 Å². The molecule has 1 fully saturated rings. The number of nitrogens with zero attached hydrogens (tertiary/aromatic N) is 1. The fourth-order valence-corrected chi connectivity index (χ4v) is 4.37. The predicted molar refractivity (Wildman–Crippen MR) is 140 cm³/mol. The van der Waals surface area contributed by atoms with E-state index in [1.807, 2.05) is 60.7 Å². The molecule has 1 aliphatic heterocycles. The molecule has 3 aromatic carbocycles. The van der Waals surface area contributed by atoms with Crippen LogP contribution in [0.3, 0.4) is 0 Å². The summed E-state index contributed by atoms with van der Waals surface area (Å²) >= 11 is 0. The van der Waals surface area contributed by atoms with Crippen molar-refractivity contribution < 1.29 is 32.2 Å². The Hall–Kier alpha value is -4.05. The summed E-state index contributed by atoms with van der Waals surface area (Å²) < 4.78 is 46.7. The van der Waals surface area contributed by atoms with Crippen molar-refractivity contribution in [3.05, 3.63) is 96.1 Å². The summed E-state index contributed by atoms with van der Waals surface area (Å²) in [5.41, 5.74) is 2.13. The number of alkyl halides is 3. The van der Waals surface area contributed by atoms with Crippen LogP contribution >= 0.6 is 0 Å². The first-order valence-corrected chi connectivity index (χ1v) is 12.6. The van der Waals surface area contributed by atoms with Crippen molar-refractivity contribution in [1.29, 1.82) is 0 Å². The summed E-state index contributed by atoms with van der Waals surface area (Å²) in [7, 11) is 0. The second-order valence-corrected chi connectivity index (χ2v) is 9.09. The minimum atomic E-state index is -4.77. The van der Waals surface area contributed by atoms with Crippen LogP contribution in [0.1, 0.15) is 29.5 Å². The first-order valence-electron chi connectivity index (χ1n) is 12.6. The highest BCUT2D eigenvalue weighted by Crippen LogP contribution is 2.26. The van der Waals surface area contributed by atoms with Crippen LogP contribution in [0.2, 0.25) is 0 Å². The second-order valence-electron chi connectivity index (χ2n) is 9.09. The molecular weight excluding hydrogens is 511 g/mol. The first kappa shape index (κ1) is 28.0. The highest BCUT2D eigenvalue weighted by molar-refractivity contribution is 5.90. The molecule has 1 aliphatic rings. The zero-order valence-electron chi connectivity index (χ0n) is 21.2.